The number of nitrogens with one attached hydrogen (secondary N) is 2. The second-order valence-corrected chi connectivity index (χ2v) is 6.70. The largest absolute Gasteiger partial charge is 0.484 e. The summed E-state index contributed by atoms with van der Waals surface area (Å²) < 4.78 is 12.9. The van der Waals surface area contributed by atoms with Gasteiger partial charge in [0.2, 0.25) is 0 Å². The Morgan fingerprint density at radius 1 is 1.42 bits per heavy atom. The summed E-state index contributed by atoms with van der Waals surface area (Å²) in [6, 6.07) is 7.94. The molecule has 1 fully saturated rings. The molecule has 2 aromatic rings. The van der Waals surface area contributed by atoms with Crippen LogP contribution in [0.25, 0.3) is 0 Å². The Morgan fingerprint density at radius 2 is 2.23 bits per heavy atom. The highest BCUT2D eigenvalue weighted by Crippen LogP contribution is 2.18. The van der Waals surface area contributed by atoms with E-state index in [0.717, 1.165) is 13.1 Å². The number of aromatic nitrogens is 2. The minimum absolute atomic E-state index is 0.0414. The Hall–Kier alpha value is -2.38. The molecule has 0 bridgehead atoms. The van der Waals surface area contributed by atoms with Gasteiger partial charge >= 0.3 is 0 Å². The zero-order chi connectivity index (χ0) is 18.4. The maximum absolute atomic E-state index is 12.1. The van der Waals surface area contributed by atoms with E-state index in [1.165, 1.54) is 5.56 Å². The highest BCUT2D eigenvalue weighted by atomic mass is 16.5. The first-order valence-corrected chi connectivity index (χ1v) is 8.97. The summed E-state index contributed by atoms with van der Waals surface area (Å²) in [4.78, 5) is 12.1. The van der Waals surface area contributed by atoms with Gasteiger partial charge in [0.05, 0.1) is 31.1 Å². The van der Waals surface area contributed by atoms with Gasteiger partial charge < -0.3 is 20.1 Å². The first-order valence-electron chi connectivity index (χ1n) is 8.97. The predicted octanol–water partition coefficient (Wildman–Crippen LogP) is 2.18. The molecule has 0 spiro atoms. The average molecular weight is 358 g/mol. The van der Waals surface area contributed by atoms with E-state index in [-0.39, 0.29) is 18.6 Å². The Kier molecular flexibility index (Phi) is 6.25. The lowest BCUT2D eigenvalue weighted by atomic mass is 10.0. The number of carbonyl (C=O) groups excluding carboxylic acids is 1. The molecule has 1 aromatic heterocycles. The summed E-state index contributed by atoms with van der Waals surface area (Å²) in [6.45, 7) is 7.19. The van der Waals surface area contributed by atoms with Crippen molar-refractivity contribution in [2.75, 3.05) is 38.2 Å². The normalized spacial score (nSPS) is 17.7. The highest BCUT2D eigenvalue weighted by Gasteiger charge is 2.15. The van der Waals surface area contributed by atoms with E-state index < -0.39 is 0 Å². The molecule has 1 aliphatic rings. The van der Waals surface area contributed by atoms with Crippen molar-refractivity contribution in [3.05, 3.63) is 42.2 Å². The van der Waals surface area contributed by atoms with E-state index >= 15 is 0 Å². The smallest absolute Gasteiger partial charge is 0.262 e. The van der Waals surface area contributed by atoms with Crippen LogP contribution in [0.3, 0.4) is 0 Å². The zero-order valence-corrected chi connectivity index (χ0v) is 15.3. The van der Waals surface area contributed by atoms with Crippen LogP contribution in [-0.4, -0.2) is 48.6 Å². The first kappa shape index (κ1) is 18.4. The molecule has 2 N–H and O–H groups in total. The number of nitrogens with zero attached hydrogens (tertiary/aromatic N) is 2. The molecule has 7 heteroatoms. The SMILES string of the molecule is CC(C)c1ccc(OCC(=O)Nc2cnn(C3CNCCOC3)c2)cc1. The van der Waals surface area contributed by atoms with Gasteiger partial charge in [-0.3, -0.25) is 9.48 Å². The molecule has 140 valence electrons. The molecule has 1 saturated heterocycles. The number of ether oxygens (including phenoxy) is 2. The number of anilines is 1. The molecule has 1 aliphatic heterocycles. The molecule has 0 aliphatic carbocycles. The third-order valence-corrected chi connectivity index (χ3v) is 4.29. The molecule has 1 amide bonds. The third-order valence-electron chi connectivity index (χ3n) is 4.29. The van der Waals surface area contributed by atoms with Crippen molar-refractivity contribution in [1.29, 1.82) is 0 Å². The molecule has 26 heavy (non-hydrogen) atoms. The number of rotatable bonds is 6. The lowest BCUT2D eigenvalue weighted by Crippen LogP contribution is -2.25. The topological polar surface area (TPSA) is 77.4 Å². The van der Waals surface area contributed by atoms with E-state index in [1.54, 1.807) is 6.20 Å². The number of hydrogen-bond donors (Lipinski definition) is 2. The molecule has 1 unspecified atom stereocenters. The zero-order valence-electron chi connectivity index (χ0n) is 15.3. The van der Waals surface area contributed by atoms with Gasteiger partial charge in [-0.1, -0.05) is 26.0 Å². The molecular weight excluding hydrogens is 332 g/mol. The van der Waals surface area contributed by atoms with Crippen LogP contribution in [0.4, 0.5) is 5.69 Å². The number of amides is 1. The van der Waals surface area contributed by atoms with Crippen LogP contribution in [0.1, 0.15) is 31.4 Å². The Bertz CT molecular complexity index is 704. The lowest BCUT2D eigenvalue weighted by molar-refractivity contribution is -0.118. The van der Waals surface area contributed by atoms with Gasteiger partial charge in [-0.15, -0.1) is 0 Å². The fourth-order valence-electron chi connectivity index (χ4n) is 2.76. The monoisotopic (exact) mass is 358 g/mol. The molecule has 1 atom stereocenters. The van der Waals surface area contributed by atoms with E-state index in [4.69, 9.17) is 9.47 Å². The van der Waals surface area contributed by atoms with Crippen molar-refractivity contribution in [2.45, 2.75) is 25.8 Å². The summed E-state index contributed by atoms with van der Waals surface area (Å²) in [7, 11) is 0. The van der Waals surface area contributed by atoms with Crippen LogP contribution in [0.5, 0.6) is 5.75 Å². The summed E-state index contributed by atoms with van der Waals surface area (Å²) in [5, 5.41) is 10.4. The fourth-order valence-corrected chi connectivity index (χ4v) is 2.76. The molecule has 0 radical (unpaired) electrons. The van der Waals surface area contributed by atoms with E-state index in [2.05, 4.69) is 29.6 Å². The molecule has 7 nitrogen and oxygen atoms in total. The minimum atomic E-state index is -0.215. The maximum Gasteiger partial charge on any atom is 0.262 e. The van der Waals surface area contributed by atoms with Gasteiger partial charge in [-0.05, 0) is 23.6 Å². The Labute approximate surface area is 153 Å². The minimum Gasteiger partial charge on any atom is -0.484 e. The average Bonchev–Trinajstić information content (AvgIpc) is 2.92. The predicted molar refractivity (Wildman–Crippen MR) is 99.6 cm³/mol. The van der Waals surface area contributed by atoms with Gasteiger partial charge in [0, 0.05) is 19.3 Å². The number of benzene rings is 1. The van der Waals surface area contributed by atoms with Crippen molar-refractivity contribution < 1.29 is 14.3 Å². The van der Waals surface area contributed by atoms with Crippen LogP contribution in [-0.2, 0) is 9.53 Å². The van der Waals surface area contributed by atoms with Gasteiger partial charge in [-0.2, -0.15) is 5.10 Å². The standard InChI is InChI=1S/C19H26N4O3/c1-14(2)15-3-5-18(6-4-15)26-13-19(24)22-16-9-21-23(11-16)17-10-20-7-8-25-12-17/h3-6,9,11,14,17,20H,7-8,10,12-13H2,1-2H3,(H,22,24). The highest BCUT2D eigenvalue weighted by molar-refractivity contribution is 5.91. The Morgan fingerprint density at radius 3 is 3.00 bits per heavy atom. The molecule has 3 rings (SSSR count). The van der Waals surface area contributed by atoms with Gasteiger partial charge in [0.25, 0.3) is 5.91 Å². The fraction of sp³-hybridized carbons (Fsp3) is 0.474. The molecular formula is C19H26N4O3. The van der Waals surface area contributed by atoms with Crippen molar-refractivity contribution in [1.82, 2.24) is 15.1 Å². The Balaban J connectivity index is 1.48. The number of carbonyl (C=O) groups is 1. The summed E-state index contributed by atoms with van der Waals surface area (Å²) >= 11 is 0. The quantitative estimate of drug-likeness (QED) is 0.828. The summed E-state index contributed by atoms with van der Waals surface area (Å²) in [6.07, 6.45) is 3.45. The molecule has 0 saturated carbocycles. The van der Waals surface area contributed by atoms with Crippen molar-refractivity contribution in [3.8, 4) is 5.75 Å². The van der Waals surface area contributed by atoms with Gasteiger partial charge in [-0.25, -0.2) is 0 Å². The van der Waals surface area contributed by atoms with Crippen molar-refractivity contribution in [3.63, 3.8) is 0 Å². The van der Waals surface area contributed by atoms with Crippen molar-refractivity contribution in [2.24, 2.45) is 0 Å². The second-order valence-electron chi connectivity index (χ2n) is 6.70. The number of hydrogen-bond acceptors (Lipinski definition) is 5. The summed E-state index contributed by atoms with van der Waals surface area (Å²) in [5.74, 6) is 0.938. The van der Waals surface area contributed by atoms with Crippen molar-refractivity contribution >= 4 is 11.6 Å². The third kappa shape index (κ3) is 5.06. The summed E-state index contributed by atoms with van der Waals surface area (Å²) in [5.41, 5.74) is 1.89. The van der Waals surface area contributed by atoms with Crippen LogP contribution >= 0.6 is 0 Å². The van der Waals surface area contributed by atoms with E-state index in [1.807, 2.05) is 35.1 Å². The van der Waals surface area contributed by atoms with E-state index in [0.29, 0.717) is 30.6 Å². The second kappa shape index (κ2) is 8.82. The van der Waals surface area contributed by atoms with Crippen LogP contribution in [0.2, 0.25) is 0 Å². The van der Waals surface area contributed by atoms with Crippen LogP contribution < -0.4 is 15.4 Å². The molecule has 1 aromatic carbocycles. The van der Waals surface area contributed by atoms with E-state index in [9.17, 15) is 4.79 Å². The maximum atomic E-state index is 12.1. The van der Waals surface area contributed by atoms with Crippen LogP contribution in [0, 0.1) is 0 Å². The van der Waals surface area contributed by atoms with Gasteiger partial charge in [0.1, 0.15) is 5.75 Å². The van der Waals surface area contributed by atoms with Gasteiger partial charge in [0.15, 0.2) is 6.61 Å². The van der Waals surface area contributed by atoms with Crippen LogP contribution in [0.15, 0.2) is 36.7 Å². The molecule has 2 heterocycles. The lowest BCUT2D eigenvalue weighted by Gasteiger charge is -2.13. The first-order chi connectivity index (χ1) is 12.6.